The first-order valence-corrected chi connectivity index (χ1v) is 5.82. The molecule has 0 atom stereocenters. The molecule has 0 radical (unpaired) electrons. The van der Waals surface area contributed by atoms with Crippen LogP contribution in [0.2, 0.25) is 0 Å². The van der Waals surface area contributed by atoms with Crippen LogP contribution in [0.5, 0.6) is 0 Å². The summed E-state index contributed by atoms with van der Waals surface area (Å²) < 4.78 is 26.2. The second-order valence-corrected chi connectivity index (χ2v) is 4.20. The highest BCUT2D eigenvalue weighted by Gasteiger charge is 2.05. The number of anilines is 1. The second kappa shape index (κ2) is 5.60. The van der Waals surface area contributed by atoms with Crippen molar-refractivity contribution >= 4 is 17.6 Å². The number of hydrogen-bond donors (Lipinski definition) is 2. The van der Waals surface area contributed by atoms with E-state index in [1.54, 1.807) is 19.9 Å². The third kappa shape index (κ3) is 3.47. The highest BCUT2D eigenvalue weighted by molar-refractivity contribution is 5.93. The number of hydrogen-bond acceptors (Lipinski definition) is 3. The summed E-state index contributed by atoms with van der Waals surface area (Å²) >= 11 is 0. The van der Waals surface area contributed by atoms with Crippen LogP contribution >= 0.6 is 0 Å². The van der Waals surface area contributed by atoms with Gasteiger partial charge in [0.05, 0.1) is 5.69 Å². The van der Waals surface area contributed by atoms with Gasteiger partial charge in [-0.15, -0.1) is 0 Å². The van der Waals surface area contributed by atoms with Crippen molar-refractivity contribution in [2.24, 2.45) is 10.7 Å². The Morgan fingerprint density at radius 1 is 1.15 bits per heavy atom. The van der Waals surface area contributed by atoms with E-state index in [1.165, 1.54) is 6.07 Å². The van der Waals surface area contributed by atoms with Gasteiger partial charge in [-0.25, -0.2) is 18.7 Å². The van der Waals surface area contributed by atoms with E-state index in [4.69, 9.17) is 5.73 Å². The maximum Gasteiger partial charge on any atom is 0.253 e. The number of nitrogens with two attached hydrogens (primary N) is 1. The zero-order valence-electron chi connectivity index (χ0n) is 11.0. The molecule has 0 fully saturated rings. The van der Waals surface area contributed by atoms with Crippen LogP contribution in [0.25, 0.3) is 0 Å². The standard InChI is InChI=1S/C13H13F2N5/c1-7-5-8(2)18-13(17-7)20-12(16)19-11-4-3-9(14)6-10(11)15/h3-6H,1-2H3,(H3,16,17,18,19,20). The monoisotopic (exact) mass is 277 g/mol. The topological polar surface area (TPSA) is 76.2 Å². The van der Waals surface area contributed by atoms with E-state index < -0.39 is 11.6 Å². The van der Waals surface area contributed by atoms with Crippen LogP contribution in [-0.2, 0) is 0 Å². The largest absolute Gasteiger partial charge is 0.369 e. The fourth-order valence-electron chi connectivity index (χ4n) is 1.62. The number of rotatable bonds is 2. The predicted molar refractivity (Wildman–Crippen MR) is 72.8 cm³/mol. The molecule has 104 valence electrons. The average molecular weight is 277 g/mol. The Kier molecular flexibility index (Phi) is 3.88. The molecule has 5 nitrogen and oxygen atoms in total. The van der Waals surface area contributed by atoms with Crippen LogP contribution in [0.15, 0.2) is 29.3 Å². The van der Waals surface area contributed by atoms with Crippen molar-refractivity contribution in [3.05, 3.63) is 47.3 Å². The molecule has 2 aromatic rings. The molecule has 0 aliphatic heterocycles. The summed E-state index contributed by atoms with van der Waals surface area (Å²) in [6.45, 7) is 3.61. The lowest BCUT2D eigenvalue weighted by Crippen LogP contribution is -2.23. The predicted octanol–water partition coefficient (Wildman–Crippen LogP) is 2.43. The Labute approximate surface area is 114 Å². The lowest BCUT2D eigenvalue weighted by atomic mass is 10.3. The lowest BCUT2D eigenvalue weighted by molar-refractivity contribution is 0.586. The van der Waals surface area contributed by atoms with Gasteiger partial charge in [0.15, 0.2) is 0 Å². The molecule has 3 N–H and O–H groups in total. The van der Waals surface area contributed by atoms with Crippen LogP contribution in [0, 0.1) is 25.5 Å². The summed E-state index contributed by atoms with van der Waals surface area (Å²) in [7, 11) is 0. The van der Waals surface area contributed by atoms with Crippen molar-refractivity contribution in [3.63, 3.8) is 0 Å². The molecule has 1 aromatic heterocycles. The molecule has 1 heterocycles. The number of benzene rings is 1. The molecule has 20 heavy (non-hydrogen) atoms. The Hall–Kier alpha value is -2.57. The van der Waals surface area contributed by atoms with Gasteiger partial charge >= 0.3 is 0 Å². The Bertz CT molecular complexity index is 650. The third-order valence-corrected chi connectivity index (χ3v) is 2.38. The van der Waals surface area contributed by atoms with Gasteiger partial charge in [-0.05, 0) is 32.0 Å². The first kappa shape index (κ1) is 13.9. The van der Waals surface area contributed by atoms with E-state index in [2.05, 4.69) is 20.3 Å². The smallest absolute Gasteiger partial charge is 0.253 e. The fourth-order valence-corrected chi connectivity index (χ4v) is 1.62. The highest BCUT2D eigenvalue weighted by Crippen LogP contribution is 2.15. The van der Waals surface area contributed by atoms with E-state index in [1.807, 2.05) is 0 Å². The van der Waals surface area contributed by atoms with E-state index >= 15 is 0 Å². The van der Waals surface area contributed by atoms with Gasteiger partial charge in [-0.1, -0.05) is 0 Å². The van der Waals surface area contributed by atoms with Crippen molar-refractivity contribution in [1.29, 1.82) is 0 Å². The molecule has 0 saturated heterocycles. The van der Waals surface area contributed by atoms with Crippen LogP contribution in [0.3, 0.4) is 0 Å². The number of guanidine groups is 1. The normalized spacial score (nSPS) is 11.5. The Balaban J connectivity index is 2.22. The van der Waals surface area contributed by atoms with E-state index in [0.717, 1.165) is 23.5 Å². The van der Waals surface area contributed by atoms with E-state index in [9.17, 15) is 8.78 Å². The molecule has 0 aliphatic carbocycles. The molecule has 1 aromatic carbocycles. The number of nitrogens with one attached hydrogen (secondary N) is 1. The maximum absolute atomic E-state index is 13.4. The van der Waals surface area contributed by atoms with Gasteiger partial charge in [0, 0.05) is 17.5 Å². The minimum atomic E-state index is -0.760. The molecule has 0 bridgehead atoms. The first-order valence-electron chi connectivity index (χ1n) is 5.82. The average Bonchev–Trinajstić information content (AvgIpc) is 2.31. The minimum absolute atomic E-state index is 0.0250. The summed E-state index contributed by atoms with van der Waals surface area (Å²) in [5.74, 6) is -1.33. The van der Waals surface area contributed by atoms with Gasteiger partial charge in [0.25, 0.3) is 5.95 Å². The van der Waals surface area contributed by atoms with Crippen LogP contribution < -0.4 is 11.1 Å². The first-order chi connectivity index (χ1) is 9.44. The SMILES string of the molecule is Cc1cc(C)nc(/N=C(/N)Nc2ccc(F)cc2F)n1. The molecule has 0 aliphatic rings. The number of nitrogens with zero attached hydrogens (tertiary/aromatic N) is 3. The van der Waals surface area contributed by atoms with Gasteiger partial charge in [-0.2, -0.15) is 4.99 Å². The third-order valence-electron chi connectivity index (χ3n) is 2.38. The van der Waals surface area contributed by atoms with E-state index in [0.29, 0.717) is 0 Å². The van der Waals surface area contributed by atoms with Crippen molar-refractivity contribution in [2.75, 3.05) is 5.32 Å². The summed E-state index contributed by atoms with van der Waals surface area (Å²) in [4.78, 5) is 12.1. The summed E-state index contributed by atoms with van der Waals surface area (Å²) in [6.07, 6.45) is 0. The fraction of sp³-hybridized carbons (Fsp3) is 0.154. The molecule has 0 unspecified atom stereocenters. The molecule has 0 amide bonds. The zero-order valence-corrected chi connectivity index (χ0v) is 11.0. The number of aromatic nitrogens is 2. The number of aryl methyl sites for hydroxylation is 2. The lowest BCUT2D eigenvalue weighted by Gasteiger charge is -2.06. The van der Waals surface area contributed by atoms with Gasteiger partial charge < -0.3 is 11.1 Å². The summed E-state index contributed by atoms with van der Waals surface area (Å²) in [6, 6.07) is 4.90. The van der Waals surface area contributed by atoms with Crippen LogP contribution in [0.4, 0.5) is 20.4 Å². The maximum atomic E-state index is 13.4. The van der Waals surface area contributed by atoms with Crippen molar-refractivity contribution in [1.82, 2.24) is 9.97 Å². The van der Waals surface area contributed by atoms with Crippen molar-refractivity contribution in [3.8, 4) is 0 Å². The van der Waals surface area contributed by atoms with E-state index in [-0.39, 0.29) is 17.6 Å². The number of aliphatic imine (C=N–C) groups is 1. The quantitative estimate of drug-likeness (QED) is 0.653. The molecular formula is C13H13F2N5. The van der Waals surface area contributed by atoms with Gasteiger partial charge in [-0.3, -0.25) is 0 Å². The molecule has 7 heteroatoms. The molecule has 0 saturated carbocycles. The summed E-state index contributed by atoms with van der Waals surface area (Å²) in [5.41, 5.74) is 7.16. The van der Waals surface area contributed by atoms with Gasteiger partial charge in [0.2, 0.25) is 5.96 Å². The number of halogens is 2. The second-order valence-electron chi connectivity index (χ2n) is 4.20. The van der Waals surface area contributed by atoms with Crippen molar-refractivity contribution in [2.45, 2.75) is 13.8 Å². The highest BCUT2D eigenvalue weighted by atomic mass is 19.1. The van der Waals surface area contributed by atoms with Crippen LogP contribution in [0.1, 0.15) is 11.4 Å². The molecular weight excluding hydrogens is 264 g/mol. The van der Waals surface area contributed by atoms with Crippen LogP contribution in [-0.4, -0.2) is 15.9 Å². The Morgan fingerprint density at radius 2 is 1.80 bits per heavy atom. The van der Waals surface area contributed by atoms with Gasteiger partial charge in [0.1, 0.15) is 11.6 Å². The molecule has 0 spiro atoms. The minimum Gasteiger partial charge on any atom is -0.369 e. The summed E-state index contributed by atoms with van der Waals surface area (Å²) in [5, 5.41) is 2.53. The van der Waals surface area contributed by atoms with Crippen molar-refractivity contribution < 1.29 is 8.78 Å². The Morgan fingerprint density at radius 3 is 2.40 bits per heavy atom. The molecule has 2 rings (SSSR count). The zero-order chi connectivity index (χ0) is 14.7.